The smallest absolute Gasteiger partial charge is 0.300 e. The first-order valence-electron chi connectivity index (χ1n) is 27.6. The SMILES string of the molecule is CC1(C)CC(Nc2ccc([N+](=O)[O-])c3nonc23)CC(C)(C)N1O.CCC1(CC)CC(Nc2ccc([N+](=O)[O-])c3nonc23)CC(CC)(CC)N1O.CCCCCC1(C)CC(Nc2ccc([N+](=O)[O-])c3nonc23)CC(C)(C)N1O. The average Bonchev–Trinajstić information content (AvgIpc) is 4.34. The first kappa shape index (κ1) is 60.9. The van der Waals surface area contributed by atoms with Gasteiger partial charge in [0.2, 0.25) is 16.6 Å². The van der Waals surface area contributed by atoms with Gasteiger partial charge in [-0.2, -0.15) is 15.2 Å². The van der Waals surface area contributed by atoms with Crippen molar-refractivity contribution in [1.29, 1.82) is 0 Å². The van der Waals surface area contributed by atoms with Gasteiger partial charge in [-0.05, 0) is 168 Å². The number of piperidine rings is 3. The number of hydrogen-bond acceptors (Lipinski definition) is 24. The first-order valence-corrected chi connectivity index (χ1v) is 27.6. The summed E-state index contributed by atoms with van der Waals surface area (Å²) in [6, 6.07) is 9.41. The van der Waals surface area contributed by atoms with E-state index < -0.39 is 31.4 Å². The number of nitrogens with one attached hydrogen (secondary N) is 3. The second kappa shape index (κ2) is 23.7. The van der Waals surface area contributed by atoms with E-state index in [1.165, 1.54) is 28.3 Å². The quantitative estimate of drug-likeness (QED) is 0.0281. The number of hydroxylamine groups is 6. The molecule has 0 amide bonds. The van der Waals surface area contributed by atoms with Crippen LogP contribution in [-0.2, 0) is 0 Å². The number of benzene rings is 3. The van der Waals surface area contributed by atoms with Crippen LogP contribution in [0.2, 0.25) is 0 Å². The van der Waals surface area contributed by atoms with Crippen LogP contribution in [0.4, 0.5) is 34.1 Å². The van der Waals surface area contributed by atoms with Crippen molar-refractivity contribution in [2.45, 2.75) is 224 Å². The van der Waals surface area contributed by atoms with Gasteiger partial charge in [-0.3, -0.25) is 30.3 Å². The molecule has 0 spiro atoms. The second-order valence-electron chi connectivity index (χ2n) is 24.0. The van der Waals surface area contributed by atoms with E-state index in [4.69, 9.17) is 13.9 Å². The standard InChI is InChI=1S/2C19H29N5O4.C15H21N5O4/c1-5-6-7-10-19(4)12-13(11-18(2,3)24(19)27)20-14-8-9-15(23(25)26)17-16(14)21-28-22-17;1-5-18(6-2)11-13(12-19(7-3,8-4)24(18)27)20-14-9-10-15(23(25)26)17-16(14)21-28-22-17;1-14(2)7-9(8-15(3,4)20(14)23)16-10-5-6-11(19(21)22)13-12(10)17-24-18-13/h8-9,13,20,27H,5-7,10-12H2,1-4H3;9-10,13,20,27H,5-8,11-12H2,1-4H3;5-6,9,16,23H,7-8H2,1-4H3. The van der Waals surface area contributed by atoms with Crippen LogP contribution >= 0.6 is 0 Å². The molecule has 0 bridgehead atoms. The van der Waals surface area contributed by atoms with Crippen LogP contribution in [-0.4, -0.2) is 128 Å². The predicted molar refractivity (Wildman–Crippen MR) is 298 cm³/mol. The molecule has 3 fully saturated rings. The summed E-state index contributed by atoms with van der Waals surface area (Å²) in [5.41, 5.74) is 0.845. The number of fused-ring (bicyclic) bond motifs is 3. The fourth-order valence-corrected chi connectivity index (χ4v) is 13.0. The van der Waals surface area contributed by atoms with Gasteiger partial charge in [0.15, 0.2) is 16.6 Å². The molecule has 27 nitrogen and oxygen atoms in total. The molecule has 3 aliphatic heterocycles. The van der Waals surface area contributed by atoms with Crippen molar-refractivity contribution < 1.29 is 44.3 Å². The lowest BCUT2D eigenvalue weighted by Crippen LogP contribution is -2.65. The molecule has 3 aliphatic rings. The molecule has 6 N–H and O–H groups in total. The number of anilines is 3. The molecule has 3 saturated heterocycles. The molecular formula is C53H79N15O12. The molecule has 9 rings (SSSR count). The minimum absolute atomic E-state index is 0.0692. The average molecular weight is 1120 g/mol. The van der Waals surface area contributed by atoms with Crippen LogP contribution in [0, 0.1) is 30.3 Å². The maximum atomic E-state index is 11.2. The predicted octanol–water partition coefficient (Wildman–Crippen LogP) is 12.0. The number of nitro groups is 3. The molecule has 80 heavy (non-hydrogen) atoms. The lowest BCUT2D eigenvalue weighted by molar-refractivity contribution is -0.383. The molecule has 3 aromatic heterocycles. The van der Waals surface area contributed by atoms with Gasteiger partial charge in [-0.25, -0.2) is 13.9 Å². The molecular weight excluding hydrogens is 1040 g/mol. The largest absolute Gasteiger partial charge is 0.380 e. The lowest BCUT2D eigenvalue weighted by atomic mass is 9.71. The summed E-state index contributed by atoms with van der Waals surface area (Å²) >= 11 is 0. The number of nitrogens with zero attached hydrogens (tertiary/aromatic N) is 12. The summed E-state index contributed by atoms with van der Waals surface area (Å²) in [7, 11) is 0. The monoisotopic (exact) mass is 1120 g/mol. The van der Waals surface area contributed by atoms with Crippen molar-refractivity contribution >= 4 is 67.2 Å². The zero-order valence-electron chi connectivity index (χ0n) is 48.0. The van der Waals surface area contributed by atoms with Crippen LogP contribution in [0.3, 0.4) is 0 Å². The second-order valence-corrected chi connectivity index (χ2v) is 24.0. The summed E-state index contributed by atoms with van der Waals surface area (Å²) in [4.78, 5) is 32.0. The van der Waals surface area contributed by atoms with E-state index in [1.807, 2.05) is 41.5 Å². The summed E-state index contributed by atoms with van der Waals surface area (Å²) in [6.45, 7) is 24.7. The molecule has 2 unspecified atom stereocenters. The van der Waals surface area contributed by atoms with Crippen LogP contribution < -0.4 is 16.0 Å². The minimum Gasteiger partial charge on any atom is -0.380 e. The third-order valence-corrected chi connectivity index (χ3v) is 17.1. The van der Waals surface area contributed by atoms with Crippen molar-refractivity contribution in [3.63, 3.8) is 0 Å². The third kappa shape index (κ3) is 12.1. The Bertz CT molecular complexity index is 3090. The molecule has 0 aliphatic carbocycles. The minimum atomic E-state index is -0.507. The van der Waals surface area contributed by atoms with Gasteiger partial charge in [-0.15, -0.1) is 0 Å². The third-order valence-electron chi connectivity index (χ3n) is 17.1. The lowest BCUT2D eigenvalue weighted by Gasteiger charge is -2.56. The zero-order valence-corrected chi connectivity index (χ0v) is 48.0. The Balaban J connectivity index is 0.000000174. The van der Waals surface area contributed by atoms with Crippen molar-refractivity contribution in [2.75, 3.05) is 16.0 Å². The van der Waals surface area contributed by atoms with E-state index in [0.29, 0.717) is 46.5 Å². The van der Waals surface area contributed by atoms with E-state index in [-0.39, 0.29) is 68.4 Å². The maximum Gasteiger partial charge on any atom is 0.300 e. The fraction of sp³-hybridized carbons (Fsp3) is 0.660. The Morgan fingerprint density at radius 3 is 1.11 bits per heavy atom. The van der Waals surface area contributed by atoms with Crippen molar-refractivity contribution in [3.05, 3.63) is 66.7 Å². The van der Waals surface area contributed by atoms with E-state index in [0.717, 1.165) is 77.0 Å². The van der Waals surface area contributed by atoms with E-state index in [9.17, 15) is 46.0 Å². The van der Waals surface area contributed by atoms with E-state index in [1.54, 1.807) is 23.3 Å². The summed E-state index contributed by atoms with van der Waals surface area (Å²) in [5, 5.41) is 103. The molecule has 0 saturated carbocycles. The molecule has 6 aromatic rings. The number of rotatable bonds is 17. The van der Waals surface area contributed by atoms with E-state index >= 15 is 0 Å². The molecule has 3 aromatic carbocycles. The van der Waals surface area contributed by atoms with Crippen LogP contribution in [0.25, 0.3) is 33.1 Å². The van der Waals surface area contributed by atoms with Crippen molar-refractivity contribution in [1.82, 2.24) is 46.1 Å². The highest BCUT2D eigenvalue weighted by Gasteiger charge is 2.52. The van der Waals surface area contributed by atoms with Gasteiger partial charge in [0.25, 0.3) is 0 Å². The summed E-state index contributed by atoms with van der Waals surface area (Å²) < 4.78 is 14.2. The number of hydrogen-bond donors (Lipinski definition) is 6. The van der Waals surface area contributed by atoms with Crippen LogP contribution in [0.5, 0.6) is 0 Å². The van der Waals surface area contributed by atoms with E-state index in [2.05, 4.69) is 88.4 Å². The molecule has 438 valence electrons. The van der Waals surface area contributed by atoms with Crippen molar-refractivity contribution in [3.8, 4) is 0 Å². The highest BCUT2D eigenvalue weighted by Crippen LogP contribution is 2.47. The van der Waals surface area contributed by atoms with Gasteiger partial charge in [0.05, 0.1) is 31.8 Å². The normalized spacial score (nSPS) is 22.0. The Kier molecular flexibility index (Phi) is 18.1. The molecule has 0 radical (unpaired) electrons. The maximum absolute atomic E-state index is 11.2. The highest BCUT2D eigenvalue weighted by molar-refractivity contribution is 5.95. The Morgan fingerprint density at radius 2 is 0.787 bits per heavy atom. The van der Waals surface area contributed by atoms with Crippen LogP contribution in [0.15, 0.2) is 50.3 Å². The summed E-state index contributed by atoms with van der Waals surface area (Å²) in [5.74, 6) is 0. The van der Waals surface area contributed by atoms with Gasteiger partial charge in [-0.1, -0.05) is 53.9 Å². The highest BCUT2D eigenvalue weighted by atomic mass is 16.6. The first-order chi connectivity index (χ1) is 37.7. The van der Waals surface area contributed by atoms with Crippen molar-refractivity contribution in [2.24, 2.45) is 0 Å². The number of nitro benzene ring substituents is 3. The fourth-order valence-electron chi connectivity index (χ4n) is 13.0. The number of unbranched alkanes of at least 4 members (excludes halogenated alkanes) is 2. The molecule has 6 heterocycles. The topological polar surface area (TPSA) is 353 Å². The van der Waals surface area contributed by atoms with Gasteiger partial charge in [0.1, 0.15) is 0 Å². The molecule has 2 atom stereocenters. The Hall–Kier alpha value is -6.78. The Labute approximate surface area is 463 Å². The number of non-ortho nitro benzene ring substituents is 3. The molecule has 27 heteroatoms. The Morgan fingerprint density at radius 1 is 0.475 bits per heavy atom. The van der Waals surface area contributed by atoms with Gasteiger partial charge in [0, 0.05) is 69.6 Å². The van der Waals surface area contributed by atoms with Crippen LogP contribution in [0.1, 0.15) is 173 Å². The number of aromatic nitrogens is 6. The van der Waals surface area contributed by atoms with Gasteiger partial charge < -0.3 is 31.6 Å². The summed E-state index contributed by atoms with van der Waals surface area (Å²) in [6.07, 6.45) is 12.0. The zero-order chi connectivity index (χ0) is 58.8. The van der Waals surface area contributed by atoms with Gasteiger partial charge >= 0.3 is 17.1 Å².